The van der Waals surface area contributed by atoms with Gasteiger partial charge in [0.15, 0.2) is 0 Å². The third-order valence-corrected chi connectivity index (χ3v) is 4.73. The number of anilines is 1. The molecule has 1 aliphatic rings. The van der Waals surface area contributed by atoms with Crippen molar-refractivity contribution in [2.24, 2.45) is 7.05 Å². The van der Waals surface area contributed by atoms with Gasteiger partial charge in [0.2, 0.25) is 0 Å². The summed E-state index contributed by atoms with van der Waals surface area (Å²) in [7, 11) is 1.88. The Kier molecular flexibility index (Phi) is 5.34. The molecule has 2 N–H and O–H groups in total. The third-order valence-electron chi connectivity index (χ3n) is 4.73. The minimum Gasteiger partial charge on any atom is -0.488 e. The van der Waals surface area contributed by atoms with E-state index in [1.165, 1.54) is 0 Å². The van der Waals surface area contributed by atoms with Gasteiger partial charge in [-0.1, -0.05) is 6.07 Å². The van der Waals surface area contributed by atoms with E-state index >= 15 is 0 Å². The summed E-state index contributed by atoms with van der Waals surface area (Å²) >= 11 is 0. The Hall–Kier alpha value is -3.19. The number of piperidine rings is 1. The Morgan fingerprint density at radius 1 is 1.29 bits per heavy atom. The Morgan fingerprint density at radius 2 is 2.21 bits per heavy atom. The van der Waals surface area contributed by atoms with Crippen molar-refractivity contribution in [3.8, 4) is 16.9 Å². The molecule has 3 aromatic rings. The molecular formula is C21H23N5O2. The lowest BCUT2D eigenvalue weighted by molar-refractivity contribution is 0.101. The first-order chi connectivity index (χ1) is 13.7. The van der Waals surface area contributed by atoms with Gasteiger partial charge in [-0.05, 0) is 49.2 Å². The Balaban J connectivity index is 1.64. The van der Waals surface area contributed by atoms with Crippen molar-refractivity contribution < 1.29 is 9.53 Å². The second-order valence-electron chi connectivity index (χ2n) is 6.90. The maximum absolute atomic E-state index is 12.9. The highest BCUT2D eigenvalue weighted by atomic mass is 16.5. The van der Waals surface area contributed by atoms with E-state index in [0.29, 0.717) is 17.0 Å². The van der Waals surface area contributed by atoms with Crippen LogP contribution in [0, 0.1) is 0 Å². The van der Waals surface area contributed by atoms with Gasteiger partial charge in [-0.15, -0.1) is 0 Å². The largest absolute Gasteiger partial charge is 0.488 e. The van der Waals surface area contributed by atoms with E-state index in [4.69, 9.17) is 4.74 Å². The molecule has 0 bridgehead atoms. The molecular weight excluding hydrogens is 354 g/mol. The Morgan fingerprint density at radius 3 is 2.93 bits per heavy atom. The third kappa shape index (κ3) is 4.20. The van der Waals surface area contributed by atoms with E-state index in [1.54, 1.807) is 41.5 Å². The summed E-state index contributed by atoms with van der Waals surface area (Å²) in [6.07, 6.45) is 9.10. The molecule has 0 unspecified atom stereocenters. The van der Waals surface area contributed by atoms with E-state index in [-0.39, 0.29) is 12.0 Å². The molecule has 28 heavy (non-hydrogen) atoms. The average molecular weight is 377 g/mol. The molecule has 1 aromatic carbocycles. The van der Waals surface area contributed by atoms with Crippen molar-refractivity contribution in [2.75, 3.05) is 18.4 Å². The van der Waals surface area contributed by atoms with Crippen LogP contribution in [-0.2, 0) is 7.05 Å². The summed E-state index contributed by atoms with van der Waals surface area (Å²) in [5.74, 6) is 0.362. The zero-order valence-electron chi connectivity index (χ0n) is 15.8. The summed E-state index contributed by atoms with van der Waals surface area (Å²) in [5.41, 5.74) is 3.09. The number of hydrogen-bond acceptors (Lipinski definition) is 5. The highest BCUT2D eigenvalue weighted by Gasteiger charge is 2.20. The van der Waals surface area contributed by atoms with Crippen LogP contribution >= 0.6 is 0 Å². The van der Waals surface area contributed by atoms with Crippen LogP contribution in [0.4, 0.5) is 5.69 Å². The molecule has 2 aromatic heterocycles. The highest BCUT2D eigenvalue weighted by Crippen LogP contribution is 2.29. The first kappa shape index (κ1) is 18.2. The number of aromatic nitrogens is 3. The second-order valence-corrected chi connectivity index (χ2v) is 6.90. The minimum atomic E-state index is -0.218. The number of nitrogens with one attached hydrogen (secondary N) is 2. The van der Waals surface area contributed by atoms with Crippen molar-refractivity contribution >= 4 is 11.6 Å². The molecule has 3 heterocycles. The van der Waals surface area contributed by atoms with Gasteiger partial charge in [-0.25, -0.2) is 0 Å². The van der Waals surface area contributed by atoms with Crippen LogP contribution in [-0.4, -0.2) is 39.9 Å². The Bertz CT molecular complexity index is 948. The van der Waals surface area contributed by atoms with Crippen LogP contribution in [0.3, 0.4) is 0 Å². The maximum atomic E-state index is 12.9. The van der Waals surface area contributed by atoms with Crippen LogP contribution in [0.2, 0.25) is 0 Å². The lowest BCUT2D eigenvalue weighted by Crippen LogP contribution is -2.37. The molecule has 1 fully saturated rings. The van der Waals surface area contributed by atoms with Gasteiger partial charge in [0.1, 0.15) is 11.9 Å². The zero-order chi connectivity index (χ0) is 19.3. The number of nitrogens with zero attached hydrogens (tertiary/aromatic N) is 3. The fourth-order valence-electron chi connectivity index (χ4n) is 3.29. The smallest absolute Gasteiger partial charge is 0.259 e. The van der Waals surface area contributed by atoms with Crippen LogP contribution < -0.4 is 15.4 Å². The van der Waals surface area contributed by atoms with Gasteiger partial charge >= 0.3 is 0 Å². The number of hydrogen-bond donors (Lipinski definition) is 2. The predicted octanol–water partition coefficient (Wildman–Crippen LogP) is 2.87. The second kappa shape index (κ2) is 8.22. The molecule has 0 spiro atoms. The van der Waals surface area contributed by atoms with Crippen LogP contribution in [0.5, 0.6) is 5.75 Å². The molecule has 7 heteroatoms. The van der Waals surface area contributed by atoms with E-state index in [2.05, 4.69) is 20.7 Å². The summed E-state index contributed by atoms with van der Waals surface area (Å²) in [6.45, 7) is 1.78. The molecule has 1 saturated heterocycles. The summed E-state index contributed by atoms with van der Waals surface area (Å²) in [4.78, 5) is 16.9. The van der Waals surface area contributed by atoms with Gasteiger partial charge in [-0.2, -0.15) is 5.10 Å². The fourth-order valence-corrected chi connectivity index (χ4v) is 3.29. The molecule has 4 rings (SSSR count). The standard InChI is InChI=1S/C21H23N5O2/c1-26-14-16(11-24-26)15-6-7-19(21(27)25-17-4-2-8-22-12-17)20(10-15)28-18-5-3-9-23-13-18/h2,4,6-8,10-12,14,18,23H,3,5,9,13H2,1H3,(H,25,27)/t18-/m1/s1. The number of benzene rings is 1. The van der Waals surface area contributed by atoms with E-state index < -0.39 is 0 Å². The number of ether oxygens (including phenoxy) is 1. The molecule has 1 atom stereocenters. The predicted molar refractivity (Wildman–Crippen MR) is 107 cm³/mol. The van der Waals surface area contributed by atoms with Crippen molar-refractivity contribution in [2.45, 2.75) is 18.9 Å². The van der Waals surface area contributed by atoms with E-state index in [9.17, 15) is 4.79 Å². The Labute approximate surface area is 163 Å². The van der Waals surface area contributed by atoms with Crippen LogP contribution in [0.1, 0.15) is 23.2 Å². The summed E-state index contributed by atoms with van der Waals surface area (Å²) in [5, 5.41) is 10.5. The maximum Gasteiger partial charge on any atom is 0.259 e. The van der Waals surface area contributed by atoms with E-state index in [1.807, 2.05) is 25.4 Å². The van der Waals surface area contributed by atoms with Gasteiger partial charge in [0.25, 0.3) is 5.91 Å². The number of carbonyl (C=O) groups excluding carboxylic acids is 1. The fraction of sp³-hybridized carbons (Fsp3) is 0.286. The van der Waals surface area contributed by atoms with Crippen molar-refractivity contribution in [1.29, 1.82) is 0 Å². The monoisotopic (exact) mass is 377 g/mol. The molecule has 1 aliphatic heterocycles. The van der Waals surface area contributed by atoms with Gasteiger partial charge in [0.05, 0.1) is 23.6 Å². The first-order valence-corrected chi connectivity index (χ1v) is 9.41. The number of carbonyl (C=O) groups is 1. The SMILES string of the molecule is Cn1cc(-c2ccc(C(=O)Nc3cccnc3)c(O[C@@H]3CCCNC3)c2)cn1. The minimum absolute atomic E-state index is 0.0443. The number of amides is 1. The average Bonchev–Trinajstić information content (AvgIpc) is 3.16. The van der Waals surface area contributed by atoms with Crippen molar-refractivity contribution in [3.05, 3.63) is 60.7 Å². The van der Waals surface area contributed by atoms with E-state index in [0.717, 1.165) is 37.1 Å². The molecule has 7 nitrogen and oxygen atoms in total. The lowest BCUT2D eigenvalue weighted by atomic mass is 10.0. The number of rotatable bonds is 5. The quantitative estimate of drug-likeness (QED) is 0.715. The van der Waals surface area contributed by atoms with Gasteiger partial charge in [0, 0.05) is 31.5 Å². The summed E-state index contributed by atoms with van der Waals surface area (Å²) < 4.78 is 8.00. The topological polar surface area (TPSA) is 81.1 Å². The van der Waals surface area contributed by atoms with Crippen LogP contribution in [0.25, 0.3) is 11.1 Å². The molecule has 0 aliphatic carbocycles. The number of aryl methyl sites for hydroxylation is 1. The van der Waals surface area contributed by atoms with Gasteiger partial charge in [-0.3, -0.25) is 14.5 Å². The van der Waals surface area contributed by atoms with Crippen molar-refractivity contribution in [1.82, 2.24) is 20.1 Å². The molecule has 0 saturated carbocycles. The molecule has 1 amide bonds. The lowest BCUT2D eigenvalue weighted by Gasteiger charge is -2.25. The van der Waals surface area contributed by atoms with Crippen LogP contribution in [0.15, 0.2) is 55.1 Å². The highest BCUT2D eigenvalue weighted by molar-refractivity contribution is 6.06. The summed E-state index contributed by atoms with van der Waals surface area (Å²) in [6, 6.07) is 9.23. The normalized spacial score (nSPS) is 16.5. The van der Waals surface area contributed by atoms with Gasteiger partial charge < -0.3 is 15.4 Å². The number of pyridine rings is 1. The van der Waals surface area contributed by atoms with Crippen molar-refractivity contribution in [3.63, 3.8) is 0 Å². The molecule has 0 radical (unpaired) electrons. The first-order valence-electron chi connectivity index (χ1n) is 9.41. The molecule has 144 valence electrons. The zero-order valence-corrected chi connectivity index (χ0v) is 15.8.